The Balaban J connectivity index is 2.20. The Kier molecular flexibility index (Phi) is 5.02. The number of hydrogen-bond acceptors (Lipinski definition) is 1. The van der Waals surface area contributed by atoms with E-state index in [1.165, 1.54) is 22.3 Å². The molecule has 0 saturated carbocycles. The van der Waals surface area contributed by atoms with Crippen molar-refractivity contribution in [3.05, 3.63) is 69.8 Å². The predicted octanol–water partition coefficient (Wildman–Crippen LogP) is 4.80. The quantitative estimate of drug-likeness (QED) is 0.862. The SMILES string of the molecule is CC[C@@H](NC(=O)c1ccc(C)c(C)c1)c1ccc(C)c(C)c1. The lowest BCUT2D eigenvalue weighted by atomic mass is 9.99. The van der Waals surface area contributed by atoms with E-state index in [1.807, 2.05) is 25.1 Å². The van der Waals surface area contributed by atoms with Crippen molar-refractivity contribution >= 4 is 5.91 Å². The zero-order valence-electron chi connectivity index (χ0n) is 14.2. The van der Waals surface area contributed by atoms with Gasteiger partial charge < -0.3 is 5.32 Å². The summed E-state index contributed by atoms with van der Waals surface area (Å²) in [5.74, 6) is -0.00632. The van der Waals surface area contributed by atoms with Gasteiger partial charge in [-0.25, -0.2) is 0 Å². The molecule has 0 radical (unpaired) electrons. The molecule has 0 aromatic heterocycles. The maximum Gasteiger partial charge on any atom is 0.251 e. The van der Waals surface area contributed by atoms with Crippen molar-refractivity contribution in [2.75, 3.05) is 0 Å². The normalized spacial score (nSPS) is 12.0. The van der Waals surface area contributed by atoms with Crippen molar-refractivity contribution in [2.45, 2.75) is 47.1 Å². The second-order valence-electron chi connectivity index (χ2n) is 6.08. The lowest BCUT2D eigenvalue weighted by Crippen LogP contribution is -2.28. The van der Waals surface area contributed by atoms with Crippen LogP contribution in [0.2, 0.25) is 0 Å². The number of aryl methyl sites for hydroxylation is 4. The van der Waals surface area contributed by atoms with Gasteiger partial charge in [-0.1, -0.05) is 31.2 Å². The van der Waals surface area contributed by atoms with Gasteiger partial charge in [-0.15, -0.1) is 0 Å². The van der Waals surface area contributed by atoms with E-state index in [-0.39, 0.29) is 11.9 Å². The molecule has 2 nitrogen and oxygen atoms in total. The second kappa shape index (κ2) is 6.78. The first-order valence-corrected chi connectivity index (χ1v) is 7.87. The van der Waals surface area contributed by atoms with E-state index in [4.69, 9.17) is 0 Å². The molecule has 22 heavy (non-hydrogen) atoms. The highest BCUT2D eigenvalue weighted by Crippen LogP contribution is 2.20. The van der Waals surface area contributed by atoms with Gasteiger partial charge in [-0.2, -0.15) is 0 Å². The average molecular weight is 295 g/mol. The summed E-state index contributed by atoms with van der Waals surface area (Å²) in [4.78, 5) is 12.5. The fraction of sp³-hybridized carbons (Fsp3) is 0.350. The van der Waals surface area contributed by atoms with Gasteiger partial charge >= 0.3 is 0 Å². The van der Waals surface area contributed by atoms with Gasteiger partial charge in [0.1, 0.15) is 0 Å². The molecule has 0 heterocycles. The van der Waals surface area contributed by atoms with Crippen LogP contribution in [0.5, 0.6) is 0 Å². The van der Waals surface area contributed by atoms with E-state index in [2.05, 4.69) is 51.2 Å². The zero-order chi connectivity index (χ0) is 16.3. The third kappa shape index (κ3) is 3.56. The third-order valence-electron chi connectivity index (χ3n) is 4.42. The number of nitrogens with one attached hydrogen (secondary N) is 1. The first kappa shape index (κ1) is 16.3. The Hall–Kier alpha value is -2.09. The molecule has 2 heteroatoms. The van der Waals surface area contributed by atoms with E-state index < -0.39 is 0 Å². The Morgan fingerprint density at radius 3 is 2.05 bits per heavy atom. The van der Waals surface area contributed by atoms with E-state index in [1.54, 1.807) is 0 Å². The van der Waals surface area contributed by atoms with Crippen molar-refractivity contribution in [1.82, 2.24) is 5.32 Å². The summed E-state index contributed by atoms with van der Waals surface area (Å²) in [6.45, 7) is 10.4. The highest BCUT2D eigenvalue weighted by molar-refractivity contribution is 5.94. The summed E-state index contributed by atoms with van der Waals surface area (Å²) in [6, 6.07) is 12.3. The van der Waals surface area contributed by atoms with Crippen LogP contribution < -0.4 is 5.32 Å². The van der Waals surface area contributed by atoms with Gasteiger partial charge in [0.25, 0.3) is 5.91 Å². The first-order valence-electron chi connectivity index (χ1n) is 7.87. The zero-order valence-corrected chi connectivity index (χ0v) is 14.2. The van der Waals surface area contributed by atoms with Crippen molar-refractivity contribution in [3.8, 4) is 0 Å². The predicted molar refractivity (Wildman–Crippen MR) is 92.3 cm³/mol. The molecule has 2 aromatic carbocycles. The number of rotatable bonds is 4. The maximum absolute atomic E-state index is 12.5. The minimum Gasteiger partial charge on any atom is -0.345 e. The van der Waals surface area contributed by atoms with Crippen molar-refractivity contribution < 1.29 is 4.79 Å². The van der Waals surface area contributed by atoms with Gasteiger partial charge in [-0.05, 0) is 74.1 Å². The summed E-state index contributed by atoms with van der Waals surface area (Å²) in [5, 5.41) is 3.15. The average Bonchev–Trinajstić information content (AvgIpc) is 2.50. The fourth-order valence-corrected chi connectivity index (χ4v) is 2.53. The fourth-order valence-electron chi connectivity index (χ4n) is 2.53. The van der Waals surface area contributed by atoms with Crippen LogP contribution in [0.15, 0.2) is 36.4 Å². The van der Waals surface area contributed by atoms with Gasteiger partial charge in [0.15, 0.2) is 0 Å². The third-order valence-corrected chi connectivity index (χ3v) is 4.42. The van der Waals surface area contributed by atoms with Gasteiger partial charge in [0.05, 0.1) is 6.04 Å². The molecular formula is C20H25NO. The molecule has 0 aliphatic rings. The first-order chi connectivity index (χ1) is 10.4. The lowest BCUT2D eigenvalue weighted by molar-refractivity contribution is 0.0935. The van der Waals surface area contributed by atoms with Gasteiger partial charge in [-0.3, -0.25) is 4.79 Å². The number of benzene rings is 2. The van der Waals surface area contributed by atoms with E-state index in [0.29, 0.717) is 0 Å². The standard InChI is InChI=1S/C20H25NO/c1-6-19(17-9-7-13(2)15(4)11-17)21-20(22)18-10-8-14(3)16(5)12-18/h7-12,19H,6H2,1-5H3,(H,21,22)/t19-/m1/s1. The van der Waals surface area contributed by atoms with Crippen molar-refractivity contribution in [3.63, 3.8) is 0 Å². The van der Waals surface area contributed by atoms with Crippen molar-refractivity contribution in [1.29, 1.82) is 0 Å². The molecule has 2 aromatic rings. The molecule has 0 unspecified atom stereocenters. The topological polar surface area (TPSA) is 29.1 Å². The van der Waals surface area contributed by atoms with Crippen LogP contribution >= 0.6 is 0 Å². The Bertz CT molecular complexity index is 688. The number of amides is 1. The second-order valence-corrected chi connectivity index (χ2v) is 6.08. The van der Waals surface area contributed by atoms with Crippen LogP contribution in [0.4, 0.5) is 0 Å². The highest BCUT2D eigenvalue weighted by atomic mass is 16.1. The molecular weight excluding hydrogens is 270 g/mol. The Morgan fingerprint density at radius 1 is 0.909 bits per heavy atom. The molecule has 0 fully saturated rings. The van der Waals surface area contributed by atoms with Crippen LogP contribution in [0.1, 0.15) is 57.6 Å². The summed E-state index contributed by atoms with van der Waals surface area (Å²) in [7, 11) is 0. The number of carbonyl (C=O) groups excluding carboxylic acids is 1. The van der Waals surface area contributed by atoms with Crippen LogP contribution in [0.3, 0.4) is 0 Å². The monoisotopic (exact) mass is 295 g/mol. The van der Waals surface area contributed by atoms with E-state index in [9.17, 15) is 4.79 Å². The molecule has 1 N–H and O–H groups in total. The van der Waals surface area contributed by atoms with E-state index in [0.717, 1.165) is 17.5 Å². The van der Waals surface area contributed by atoms with Crippen LogP contribution in [-0.2, 0) is 0 Å². The Labute approximate surface area is 133 Å². The lowest BCUT2D eigenvalue weighted by Gasteiger charge is -2.19. The molecule has 116 valence electrons. The summed E-state index contributed by atoms with van der Waals surface area (Å²) >= 11 is 0. The molecule has 2 rings (SSSR count). The Morgan fingerprint density at radius 2 is 1.50 bits per heavy atom. The van der Waals surface area contributed by atoms with Crippen molar-refractivity contribution in [2.24, 2.45) is 0 Å². The maximum atomic E-state index is 12.5. The molecule has 0 spiro atoms. The van der Waals surface area contributed by atoms with Gasteiger partial charge in [0.2, 0.25) is 0 Å². The summed E-state index contributed by atoms with van der Waals surface area (Å²) < 4.78 is 0. The summed E-state index contributed by atoms with van der Waals surface area (Å²) in [6.07, 6.45) is 0.874. The molecule has 1 atom stereocenters. The molecule has 0 bridgehead atoms. The minimum atomic E-state index is -0.00632. The van der Waals surface area contributed by atoms with Crippen LogP contribution in [-0.4, -0.2) is 5.91 Å². The van der Waals surface area contributed by atoms with Gasteiger partial charge in [0, 0.05) is 5.56 Å². The highest BCUT2D eigenvalue weighted by Gasteiger charge is 2.15. The largest absolute Gasteiger partial charge is 0.345 e. The molecule has 0 aliphatic carbocycles. The molecule has 0 aliphatic heterocycles. The minimum absolute atomic E-state index is 0.00632. The number of hydrogen-bond donors (Lipinski definition) is 1. The summed E-state index contributed by atoms with van der Waals surface area (Å²) in [5.41, 5.74) is 6.79. The smallest absolute Gasteiger partial charge is 0.251 e. The van der Waals surface area contributed by atoms with Crippen LogP contribution in [0.25, 0.3) is 0 Å². The molecule has 1 amide bonds. The van der Waals surface area contributed by atoms with Crippen LogP contribution in [0, 0.1) is 27.7 Å². The molecule has 0 saturated heterocycles. The number of carbonyl (C=O) groups is 1. The van der Waals surface area contributed by atoms with E-state index >= 15 is 0 Å².